The zero-order chi connectivity index (χ0) is 21.0. The number of hydrogen-bond acceptors (Lipinski definition) is 10. The lowest BCUT2D eigenvalue weighted by Gasteiger charge is -2.27. The fourth-order valence-electron chi connectivity index (χ4n) is 2.76. The Bertz CT molecular complexity index is 341. The fourth-order valence-corrected chi connectivity index (χ4v) is 2.76. The van der Waals surface area contributed by atoms with Crippen LogP contribution in [0.3, 0.4) is 0 Å². The second kappa shape index (κ2) is 19.3. The van der Waals surface area contributed by atoms with Gasteiger partial charge in [0, 0.05) is 0 Å². The van der Waals surface area contributed by atoms with Gasteiger partial charge in [0.15, 0.2) is 0 Å². The molecule has 30 heavy (non-hydrogen) atoms. The van der Waals surface area contributed by atoms with Crippen molar-refractivity contribution in [3.05, 3.63) is 0 Å². The van der Waals surface area contributed by atoms with E-state index >= 15 is 0 Å². The number of fused-ring (bicyclic) bond motifs is 1. The van der Waals surface area contributed by atoms with E-state index in [1.54, 1.807) is 0 Å². The maximum atomic E-state index is 6.02. The van der Waals surface area contributed by atoms with Crippen molar-refractivity contribution in [1.29, 1.82) is 0 Å². The Balaban J connectivity index is 1.87. The SMILES string of the molecule is C1COCCOCC2OCCOCCOCCOCCOC2COCCOCCO1. The summed E-state index contributed by atoms with van der Waals surface area (Å²) in [5.41, 5.74) is 0. The van der Waals surface area contributed by atoms with Gasteiger partial charge < -0.3 is 47.4 Å². The van der Waals surface area contributed by atoms with Gasteiger partial charge in [0.05, 0.1) is 119 Å². The summed E-state index contributed by atoms with van der Waals surface area (Å²) in [6.07, 6.45) is -0.593. The highest BCUT2D eigenvalue weighted by atomic mass is 16.6. The van der Waals surface area contributed by atoms with Gasteiger partial charge in [-0.2, -0.15) is 0 Å². The molecule has 0 aromatic rings. The summed E-state index contributed by atoms with van der Waals surface area (Å²) in [5.74, 6) is 0. The van der Waals surface area contributed by atoms with E-state index in [0.717, 1.165) is 0 Å². The Morgan fingerprint density at radius 1 is 0.267 bits per heavy atom. The van der Waals surface area contributed by atoms with E-state index in [-0.39, 0.29) is 12.2 Å². The molecule has 0 saturated carbocycles. The van der Waals surface area contributed by atoms with Crippen LogP contribution < -0.4 is 0 Å². The molecular weight excluding hydrogens is 400 g/mol. The molecule has 0 N–H and O–H groups in total. The van der Waals surface area contributed by atoms with Crippen molar-refractivity contribution >= 4 is 0 Å². The van der Waals surface area contributed by atoms with Crippen molar-refractivity contribution in [2.75, 3.05) is 119 Å². The van der Waals surface area contributed by atoms with E-state index in [9.17, 15) is 0 Å². The molecule has 2 rings (SSSR count). The van der Waals surface area contributed by atoms with Gasteiger partial charge in [-0.3, -0.25) is 0 Å². The Hall–Kier alpha value is -0.400. The summed E-state index contributed by atoms with van der Waals surface area (Å²) < 4.78 is 56.5. The zero-order valence-corrected chi connectivity index (χ0v) is 18.0. The van der Waals surface area contributed by atoms with E-state index in [1.165, 1.54) is 0 Å². The number of rotatable bonds is 0. The minimum absolute atomic E-state index is 0.296. The molecule has 2 fully saturated rings. The summed E-state index contributed by atoms with van der Waals surface area (Å²) >= 11 is 0. The minimum atomic E-state index is -0.296. The van der Waals surface area contributed by atoms with Crippen LogP contribution in [0.15, 0.2) is 0 Å². The van der Waals surface area contributed by atoms with Crippen LogP contribution in [0.2, 0.25) is 0 Å². The Labute approximate surface area is 179 Å². The molecule has 2 atom stereocenters. The Kier molecular flexibility index (Phi) is 16.6. The van der Waals surface area contributed by atoms with Crippen LogP contribution in [0.25, 0.3) is 0 Å². The first-order valence-electron chi connectivity index (χ1n) is 10.8. The van der Waals surface area contributed by atoms with Crippen LogP contribution in [0.5, 0.6) is 0 Å². The highest BCUT2D eigenvalue weighted by molar-refractivity contribution is 4.71. The first-order chi connectivity index (χ1) is 15.0. The van der Waals surface area contributed by atoms with Gasteiger partial charge in [0.1, 0.15) is 12.2 Å². The molecule has 10 heteroatoms. The third-order valence-electron chi connectivity index (χ3n) is 4.33. The lowest BCUT2D eigenvalue weighted by molar-refractivity contribution is -0.141. The van der Waals surface area contributed by atoms with Crippen molar-refractivity contribution < 1.29 is 47.4 Å². The molecule has 0 aliphatic carbocycles. The van der Waals surface area contributed by atoms with Crippen molar-refractivity contribution in [3.8, 4) is 0 Å². The largest absolute Gasteiger partial charge is 0.377 e. The van der Waals surface area contributed by atoms with Gasteiger partial charge in [-0.05, 0) is 0 Å². The molecule has 10 nitrogen and oxygen atoms in total. The molecule has 0 spiro atoms. The van der Waals surface area contributed by atoms with Crippen molar-refractivity contribution in [2.45, 2.75) is 12.2 Å². The average molecular weight is 439 g/mol. The topological polar surface area (TPSA) is 92.3 Å². The lowest BCUT2D eigenvalue weighted by Crippen LogP contribution is -2.41. The summed E-state index contributed by atoms with van der Waals surface area (Å²) in [7, 11) is 0. The molecule has 178 valence electrons. The van der Waals surface area contributed by atoms with Gasteiger partial charge >= 0.3 is 0 Å². The molecule has 2 aliphatic rings. The van der Waals surface area contributed by atoms with Gasteiger partial charge in [-0.1, -0.05) is 0 Å². The molecule has 2 heterocycles. The lowest BCUT2D eigenvalue weighted by atomic mass is 10.2. The first kappa shape index (κ1) is 25.9. The highest BCUT2D eigenvalue weighted by Crippen LogP contribution is 2.08. The quantitative estimate of drug-likeness (QED) is 0.511. The predicted molar refractivity (Wildman–Crippen MR) is 106 cm³/mol. The number of ether oxygens (including phenoxy) is 10. The average Bonchev–Trinajstić information content (AvgIpc) is 2.76. The molecule has 0 radical (unpaired) electrons. The van der Waals surface area contributed by atoms with Gasteiger partial charge in [0.25, 0.3) is 0 Å². The third-order valence-corrected chi connectivity index (χ3v) is 4.33. The van der Waals surface area contributed by atoms with Gasteiger partial charge in [-0.25, -0.2) is 0 Å². The smallest absolute Gasteiger partial charge is 0.109 e. The maximum absolute atomic E-state index is 6.02. The van der Waals surface area contributed by atoms with Crippen LogP contribution in [-0.2, 0) is 47.4 Å². The molecular formula is C20H38O10. The van der Waals surface area contributed by atoms with Crippen molar-refractivity contribution in [1.82, 2.24) is 0 Å². The fraction of sp³-hybridized carbons (Fsp3) is 1.00. The minimum Gasteiger partial charge on any atom is -0.377 e. The highest BCUT2D eigenvalue weighted by Gasteiger charge is 2.24. The zero-order valence-electron chi connectivity index (χ0n) is 18.0. The van der Waals surface area contributed by atoms with Crippen LogP contribution in [-0.4, -0.2) is 131 Å². The maximum Gasteiger partial charge on any atom is 0.109 e. The normalized spacial score (nSPS) is 29.6. The molecule has 0 aromatic carbocycles. The van der Waals surface area contributed by atoms with Gasteiger partial charge in [-0.15, -0.1) is 0 Å². The summed E-state index contributed by atoms with van der Waals surface area (Å²) in [6, 6.07) is 0. The standard InChI is InChI=1S/C20H38O10/c1-3-23-9-11-27-17-19-20(18-28-12-10-24-4-2-21-1)30-16-14-26-8-6-22-5-7-25-13-15-29-19/h19-20H,1-18H2. The summed E-state index contributed by atoms with van der Waals surface area (Å²) in [6.45, 7) is 8.71. The monoisotopic (exact) mass is 438 g/mol. The summed E-state index contributed by atoms with van der Waals surface area (Å²) in [5, 5.41) is 0. The van der Waals surface area contributed by atoms with E-state index in [0.29, 0.717) is 119 Å². The van der Waals surface area contributed by atoms with Crippen LogP contribution in [0, 0.1) is 0 Å². The van der Waals surface area contributed by atoms with Crippen molar-refractivity contribution in [2.24, 2.45) is 0 Å². The van der Waals surface area contributed by atoms with E-state index in [4.69, 9.17) is 47.4 Å². The van der Waals surface area contributed by atoms with Gasteiger partial charge in [0.2, 0.25) is 0 Å². The molecule has 0 bridgehead atoms. The first-order valence-corrected chi connectivity index (χ1v) is 10.8. The molecule has 2 aliphatic heterocycles. The van der Waals surface area contributed by atoms with Crippen LogP contribution in [0.1, 0.15) is 0 Å². The van der Waals surface area contributed by atoms with Crippen molar-refractivity contribution in [3.63, 3.8) is 0 Å². The second-order valence-electron chi connectivity index (χ2n) is 6.64. The van der Waals surface area contributed by atoms with E-state index in [1.807, 2.05) is 0 Å². The Morgan fingerprint density at radius 2 is 0.500 bits per heavy atom. The third kappa shape index (κ3) is 13.8. The Morgan fingerprint density at radius 3 is 0.800 bits per heavy atom. The second-order valence-corrected chi connectivity index (χ2v) is 6.64. The summed E-state index contributed by atoms with van der Waals surface area (Å²) in [4.78, 5) is 0. The van der Waals surface area contributed by atoms with E-state index in [2.05, 4.69) is 0 Å². The molecule has 0 amide bonds. The van der Waals surface area contributed by atoms with Crippen LogP contribution >= 0.6 is 0 Å². The molecule has 2 saturated heterocycles. The predicted octanol–water partition coefficient (Wildman–Crippen LogP) is -0.0832. The molecule has 2 unspecified atom stereocenters. The molecule has 0 aromatic heterocycles. The van der Waals surface area contributed by atoms with E-state index < -0.39 is 0 Å². The number of hydrogen-bond donors (Lipinski definition) is 0. The van der Waals surface area contributed by atoms with Crippen LogP contribution in [0.4, 0.5) is 0 Å².